The molecule has 1 saturated heterocycles. The number of rotatable bonds is 5. The Morgan fingerprint density at radius 2 is 2.07 bits per heavy atom. The third kappa shape index (κ3) is 2.77. The van der Waals surface area contributed by atoms with Crippen molar-refractivity contribution in [1.29, 1.82) is 0 Å². The summed E-state index contributed by atoms with van der Waals surface area (Å²) in [4.78, 5) is 12.6. The number of anilines is 1. The van der Waals surface area contributed by atoms with Gasteiger partial charge in [-0.2, -0.15) is 0 Å². The van der Waals surface area contributed by atoms with Gasteiger partial charge in [0.1, 0.15) is 23.9 Å². The molecule has 2 aliphatic rings. The van der Waals surface area contributed by atoms with Crippen LogP contribution >= 0.6 is 11.6 Å². The Kier molecular flexibility index (Phi) is 5.07. The summed E-state index contributed by atoms with van der Waals surface area (Å²) in [5, 5.41) is 59.1. The van der Waals surface area contributed by atoms with E-state index in [-0.39, 0.29) is 11.6 Å². The molecule has 3 unspecified atom stereocenters. The number of esters is 1. The van der Waals surface area contributed by atoms with E-state index in [0.29, 0.717) is 16.9 Å². The van der Waals surface area contributed by atoms with Crippen LogP contribution in [0.25, 0.3) is 5.65 Å². The zero-order chi connectivity index (χ0) is 22.0. The molecule has 5 atom stereocenters. The highest BCUT2D eigenvalue weighted by molar-refractivity contribution is 6.32. The molecule has 13 nitrogen and oxygen atoms in total. The summed E-state index contributed by atoms with van der Waals surface area (Å²) in [5.41, 5.74) is 0.402. The van der Waals surface area contributed by atoms with Crippen LogP contribution in [0.1, 0.15) is 25.8 Å². The minimum absolute atomic E-state index is 0.0420. The molecule has 14 heteroatoms. The molecule has 1 fully saturated rings. The van der Waals surface area contributed by atoms with Crippen LogP contribution in [0.3, 0.4) is 0 Å². The standard InChI is InChI=1S/C16H22ClN7O6/c1-16(2)9-10(13(17)19-24-14(9)18-20-21-24)22-7(15(29)30-3)4-6(23(16)22)11(27)12(28)8(26)5-25/h6-8,11-12,25-28H,4-5H2,1-3H3/t6-,7-,8?,11?,12?/m0/s1. The van der Waals surface area contributed by atoms with Gasteiger partial charge in [0.05, 0.1) is 37.0 Å². The van der Waals surface area contributed by atoms with E-state index >= 15 is 0 Å². The minimum Gasteiger partial charge on any atom is -0.467 e. The average molecular weight is 444 g/mol. The monoisotopic (exact) mass is 443 g/mol. The molecule has 0 bridgehead atoms. The van der Waals surface area contributed by atoms with Crippen molar-refractivity contribution >= 4 is 28.9 Å². The van der Waals surface area contributed by atoms with Crippen molar-refractivity contribution in [3.63, 3.8) is 0 Å². The van der Waals surface area contributed by atoms with Gasteiger partial charge >= 0.3 is 5.97 Å². The van der Waals surface area contributed by atoms with Gasteiger partial charge in [-0.15, -0.1) is 14.8 Å². The Morgan fingerprint density at radius 3 is 2.70 bits per heavy atom. The van der Waals surface area contributed by atoms with Crippen LogP contribution < -0.4 is 5.01 Å². The SMILES string of the molecule is COC(=O)[C@@H]1C[C@@H](C(O)C(O)C(O)CO)N2N1c1c(Cl)nn3nnnc3c1C2(C)C. The van der Waals surface area contributed by atoms with Crippen molar-refractivity contribution in [1.82, 2.24) is 30.3 Å². The maximum atomic E-state index is 12.6. The molecule has 2 aliphatic heterocycles. The number of carbonyl (C=O) groups excluding carboxylic acids is 1. The second-order valence-corrected chi connectivity index (χ2v) is 8.19. The maximum absolute atomic E-state index is 12.6. The molecule has 0 aromatic carbocycles. The molecule has 2 aromatic rings. The first-order valence-corrected chi connectivity index (χ1v) is 9.62. The van der Waals surface area contributed by atoms with Crippen molar-refractivity contribution in [2.24, 2.45) is 0 Å². The van der Waals surface area contributed by atoms with Gasteiger partial charge in [-0.1, -0.05) is 11.6 Å². The zero-order valence-corrected chi connectivity index (χ0v) is 17.2. The van der Waals surface area contributed by atoms with E-state index in [1.54, 1.807) is 10.0 Å². The van der Waals surface area contributed by atoms with Gasteiger partial charge in [-0.25, -0.2) is 9.80 Å². The van der Waals surface area contributed by atoms with Crippen LogP contribution in [0.4, 0.5) is 5.69 Å². The smallest absolute Gasteiger partial charge is 0.330 e. The Bertz CT molecular complexity index is 986. The number of fused-ring (bicyclic) bond motifs is 5. The van der Waals surface area contributed by atoms with Crippen LogP contribution in [0.5, 0.6) is 0 Å². The highest BCUT2D eigenvalue weighted by Crippen LogP contribution is 2.54. The van der Waals surface area contributed by atoms with E-state index in [1.165, 1.54) is 11.7 Å². The fourth-order valence-electron chi connectivity index (χ4n) is 4.49. The number of hydrazine groups is 1. The van der Waals surface area contributed by atoms with Crippen LogP contribution in [0, 0.1) is 0 Å². The number of aliphatic hydroxyl groups is 4. The lowest BCUT2D eigenvalue weighted by molar-refractivity contribution is -0.142. The van der Waals surface area contributed by atoms with Gasteiger partial charge in [0, 0.05) is 6.42 Å². The molecule has 0 spiro atoms. The summed E-state index contributed by atoms with van der Waals surface area (Å²) in [6, 6.07) is -1.72. The van der Waals surface area contributed by atoms with E-state index < -0.39 is 48.5 Å². The molecule has 4 N–H and O–H groups in total. The average Bonchev–Trinajstić information content (AvgIpc) is 3.39. The summed E-state index contributed by atoms with van der Waals surface area (Å²) in [6.45, 7) is 2.91. The van der Waals surface area contributed by atoms with Crippen molar-refractivity contribution in [3.8, 4) is 0 Å². The Hall–Kier alpha value is -2.16. The summed E-state index contributed by atoms with van der Waals surface area (Å²) in [5.74, 6) is -0.578. The van der Waals surface area contributed by atoms with Crippen molar-refractivity contribution in [3.05, 3.63) is 10.7 Å². The molecule has 2 aromatic heterocycles. The molecule has 164 valence electrons. The fourth-order valence-corrected chi connectivity index (χ4v) is 4.74. The van der Waals surface area contributed by atoms with Crippen LogP contribution in [-0.2, 0) is 15.1 Å². The van der Waals surface area contributed by atoms with E-state index in [2.05, 4.69) is 20.6 Å². The van der Waals surface area contributed by atoms with Gasteiger partial charge in [-0.3, -0.25) is 5.01 Å². The number of halogens is 1. The van der Waals surface area contributed by atoms with Crippen molar-refractivity contribution in [2.45, 2.75) is 56.2 Å². The van der Waals surface area contributed by atoms with E-state index in [0.717, 1.165) is 0 Å². The normalized spacial score (nSPS) is 25.8. The number of carbonyl (C=O) groups is 1. The molecule has 0 aliphatic carbocycles. The van der Waals surface area contributed by atoms with Gasteiger partial charge in [-0.05, 0) is 24.3 Å². The van der Waals surface area contributed by atoms with E-state index in [4.69, 9.17) is 21.4 Å². The van der Waals surface area contributed by atoms with E-state index in [1.807, 2.05) is 13.8 Å². The molecular formula is C16H22ClN7O6. The number of ether oxygens (including phenoxy) is 1. The van der Waals surface area contributed by atoms with Gasteiger partial charge in [0.15, 0.2) is 5.15 Å². The lowest BCUT2D eigenvalue weighted by atomic mass is 9.89. The third-order valence-electron chi connectivity index (χ3n) is 5.81. The van der Waals surface area contributed by atoms with E-state index in [9.17, 15) is 20.1 Å². The first-order chi connectivity index (χ1) is 14.1. The van der Waals surface area contributed by atoms with Gasteiger partial charge in [0.25, 0.3) is 0 Å². The number of aromatic nitrogens is 5. The Labute approximate surface area is 175 Å². The first kappa shape index (κ1) is 21.1. The number of tetrazole rings is 1. The fraction of sp³-hybridized carbons (Fsp3) is 0.688. The first-order valence-electron chi connectivity index (χ1n) is 9.24. The van der Waals surface area contributed by atoms with Gasteiger partial charge in [0.2, 0.25) is 5.65 Å². The van der Waals surface area contributed by atoms with Crippen LogP contribution in [0.15, 0.2) is 0 Å². The highest BCUT2D eigenvalue weighted by atomic mass is 35.5. The quantitative estimate of drug-likeness (QED) is 0.369. The largest absolute Gasteiger partial charge is 0.467 e. The van der Waals surface area contributed by atoms with Gasteiger partial charge < -0.3 is 25.2 Å². The number of hydrogen-bond donors (Lipinski definition) is 4. The summed E-state index contributed by atoms with van der Waals surface area (Å²) in [7, 11) is 1.24. The number of nitrogens with zero attached hydrogens (tertiary/aromatic N) is 7. The molecule has 0 amide bonds. The maximum Gasteiger partial charge on any atom is 0.330 e. The second-order valence-electron chi connectivity index (χ2n) is 7.83. The second kappa shape index (κ2) is 7.21. The van der Waals surface area contributed by atoms with Crippen LogP contribution in [-0.4, -0.2) is 101 Å². The number of methoxy groups -OCH3 is 1. The van der Waals surface area contributed by atoms with Crippen LogP contribution in [0.2, 0.25) is 5.15 Å². The Morgan fingerprint density at radius 1 is 1.37 bits per heavy atom. The molecule has 0 radical (unpaired) electrons. The van der Waals surface area contributed by atoms with Crippen molar-refractivity contribution in [2.75, 3.05) is 18.7 Å². The molecule has 0 saturated carbocycles. The topological polar surface area (TPSA) is 170 Å². The number of hydrogen-bond acceptors (Lipinski definition) is 12. The lowest BCUT2D eigenvalue weighted by Gasteiger charge is -2.40. The summed E-state index contributed by atoms with van der Waals surface area (Å²) < 4.78 is 6.12. The predicted octanol–water partition coefficient (Wildman–Crippen LogP) is -2.17. The third-order valence-corrected chi connectivity index (χ3v) is 6.07. The lowest BCUT2D eigenvalue weighted by Crippen LogP contribution is -2.56. The minimum atomic E-state index is -1.65. The molecule has 4 heterocycles. The highest BCUT2D eigenvalue weighted by Gasteiger charge is 2.60. The predicted molar refractivity (Wildman–Crippen MR) is 100 cm³/mol. The summed E-state index contributed by atoms with van der Waals surface area (Å²) in [6.07, 6.45) is -4.65. The molecule has 30 heavy (non-hydrogen) atoms. The number of aliphatic hydroxyl groups excluding tert-OH is 4. The zero-order valence-electron chi connectivity index (χ0n) is 16.4. The molecule has 4 rings (SSSR count). The summed E-state index contributed by atoms with van der Waals surface area (Å²) >= 11 is 6.44. The molecular weight excluding hydrogens is 422 g/mol. The van der Waals surface area contributed by atoms with Crippen molar-refractivity contribution < 1.29 is 30.0 Å². The Balaban J connectivity index is 1.89.